The van der Waals surface area contributed by atoms with Gasteiger partial charge in [-0.3, -0.25) is 4.90 Å². The van der Waals surface area contributed by atoms with Gasteiger partial charge in [-0.1, -0.05) is 0 Å². The summed E-state index contributed by atoms with van der Waals surface area (Å²) in [5.41, 5.74) is 0. The van der Waals surface area contributed by atoms with Crippen molar-refractivity contribution in [2.24, 2.45) is 5.92 Å². The zero-order valence-electron chi connectivity index (χ0n) is 10.3. The van der Waals surface area contributed by atoms with E-state index in [1.54, 1.807) is 0 Å². The molecule has 2 saturated heterocycles. The summed E-state index contributed by atoms with van der Waals surface area (Å²) >= 11 is 0. The molecule has 1 saturated carbocycles. The highest BCUT2D eigenvalue weighted by Crippen LogP contribution is 2.26. The highest BCUT2D eigenvalue weighted by molar-refractivity contribution is 4.92. The quantitative estimate of drug-likeness (QED) is 0.777. The Balaban J connectivity index is 1.47. The van der Waals surface area contributed by atoms with Crippen LogP contribution in [0.1, 0.15) is 32.6 Å². The van der Waals surface area contributed by atoms with Crippen molar-refractivity contribution < 1.29 is 4.74 Å². The maximum Gasteiger partial charge on any atom is 0.0509 e. The normalized spacial score (nSPS) is 38.1. The minimum absolute atomic E-state index is 0.716. The summed E-state index contributed by atoms with van der Waals surface area (Å²) in [5.74, 6) is 0.777. The molecule has 3 heteroatoms. The van der Waals surface area contributed by atoms with E-state index in [2.05, 4.69) is 17.1 Å². The Kier molecular flexibility index (Phi) is 3.18. The van der Waals surface area contributed by atoms with Crippen LogP contribution in [0.25, 0.3) is 0 Å². The lowest BCUT2D eigenvalue weighted by Crippen LogP contribution is -2.40. The highest BCUT2D eigenvalue weighted by Gasteiger charge is 2.34. The van der Waals surface area contributed by atoms with E-state index in [1.807, 2.05) is 0 Å². The first-order valence-corrected chi connectivity index (χ1v) is 6.91. The fourth-order valence-electron chi connectivity index (χ4n) is 3.11. The van der Waals surface area contributed by atoms with Crippen LogP contribution in [0.3, 0.4) is 0 Å². The molecule has 0 aromatic heterocycles. The zero-order valence-corrected chi connectivity index (χ0v) is 10.3. The first kappa shape index (κ1) is 11.0. The van der Waals surface area contributed by atoms with Gasteiger partial charge in [0.05, 0.1) is 6.61 Å². The van der Waals surface area contributed by atoms with Crippen molar-refractivity contribution in [1.29, 1.82) is 0 Å². The molecule has 1 aliphatic carbocycles. The van der Waals surface area contributed by atoms with Gasteiger partial charge in [0.1, 0.15) is 0 Å². The monoisotopic (exact) mass is 224 g/mol. The van der Waals surface area contributed by atoms with Gasteiger partial charge in [0.2, 0.25) is 0 Å². The summed E-state index contributed by atoms with van der Waals surface area (Å²) in [6.45, 7) is 6.89. The number of nitrogens with one attached hydrogen (secondary N) is 1. The number of hydrogen-bond acceptors (Lipinski definition) is 3. The average Bonchev–Trinajstić information content (AvgIpc) is 2.82. The topological polar surface area (TPSA) is 24.5 Å². The van der Waals surface area contributed by atoms with Crippen LogP contribution in [0.2, 0.25) is 0 Å². The summed E-state index contributed by atoms with van der Waals surface area (Å²) in [5, 5.41) is 3.76. The number of nitrogens with zero attached hydrogens (tertiary/aromatic N) is 1. The molecule has 92 valence electrons. The summed E-state index contributed by atoms with van der Waals surface area (Å²) < 4.78 is 5.50. The molecule has 3 aliphatic rings. The lowest BCUT2D eigenvalue weighted by molar-refractivity contribution is 0.143. The molecule has 1 N–H and O–H groups in total. The van der Waals surface area contributed by atoms with Crippen LogP contribution in [0.5, 0.6) is 0 Å². The van der Waals surface area contributed by atoms with E-state index in [-0.39, 0.29) is 0 Å². The molecule has 16 heavy (non-hydrogen) atoms. The number of rotatable bonds is 4. The molecule has 3 atom stereocenters. The summed E-state index contributed by atoms with van der Waals surface area (Å²) in [6.07, 6.45) is 5.41. The van der Waals surface area contributed by atoms with Crippen molar-refractivity contribution in [2.75, 3.05) is 26.3 Å². The molecule has 2 heterocycles. The first-order chi connectivity index (χ1) is 7.83. The highest BCUT2D eigenvalue weighted by atomic mass is 16.5. The van der Waals surface area contributed by atoms with Crippen molar-refractivity contribution in [3.05, 3.63) is 0 Å². The van der Waals surface area contributed by atoms with Crippen molar-refractivity contribution in [2.45, 2.75) is 50.7 Å². The SMILES string of the molecule is CC(C1CCOC1)N1CCC(NC2CC2)C1. The third-order valence-electron chi connectivity index (χ3n) is 4.49. The molecule has 0 aromatic carbocycles. The molecule has 0 amide bonds. The van der Waals surface area contributed by atoms with Crippen molar-refractivity contribution in [3.8, 4) is 0 Å². The van der Waals surface area contributed by atoms with Crippen LogP contribution >= 0.6 is 0 Å². The summed E-state index contributed by atoms with van der Waals surface area (Å²) in [7, 11) is 0. The van der Waals surface area contributed by atoms with Crippen molar-refractivity contribution in [3.63, 3.8) is 0 Å². The standard InChI is InChI=1S/C13H24N2O/c1-10(11-5-7-16-9-11)15-6-4-13(8-15)14-12-2-3-12/h10-14H,2-9H2,1H3. The Labute approximate surface area is 98.5 Å². The van der Waals surface area contributed by atoms with Crippen LogP contribution in [0.15, 0.2) is 0 Å². The Hall–Kier alpha value is -0.120. The van der Waals surface area contributed by atoms with E-state index in [9.17, 15) is 0 Å². The number of ether oxygens (including phenoxy) is 1. The molecular formula is C13H24N2O. The molecular weight excluding hydrogens is 200 g/mol. The molecule has 3 unspecified atom stereocenters. The van der Waals surface area contributed by atoms with Gasteiger partial charge in [0.15, 0.2) is 0 Å². The summed E-state index contributed by atoms with van der Waals surface area (Å²) in [6, 6.07) is 2.33. The van der Waals surface area contributed by atoms with Crippen molar-refractivity contribution >= 4 is 0 Å². The van der Waals surface area contributed by atoms with Gasteiger partial charge in [0.25, 0.3) is 0 Å². The van der Waals surface area contributed by atoms with Gasteiger partial charge in [-0.05, 0) is 38.5 Å². The van der Waals surface area contributed by atoms with Gasteiger partial charge < -0.3 is 10.1 Å². The largest absolute Gasteiger partial charge is 0.381 e. The van der Waals surface area contributed by atoms with Gasteiger partial charge in [-0.15, -0.1) is 0 Å². The lowest BCUT2D eigenvalue weighted by Gasteiger charge is -2.28. The molecule has 0 spiro atoms. The van der Waals surface area contributed by atoms with Crippen LogP contribution in [0, 0.1) is 5.92 Å². The van der Waals surface area contributed by atoms with Gasteiger partial charge in [-0.25, -0.2) is 0 Å². The van der Waals surface area contributed by atoms with E-state index >= 15 is 0 Å². The van der Waals surface area contributed by atoms with Crippen LogP contribution in [-0.4, -0.2) is 49.3 Å². The molecule has 3 rings (SSSR count). The molecule has 0 radical (unpaired) electrons. The third-order valence-corrected chi connectivity index (χ3v) is 4.49. The third kappa shape index (κ3) is 2.41. The van der Waals surface area contributed by atoms with Crippen LogP contribution in [-0.2, 0) is 4.74 Å². The average molecular weight is 224 g/mol. The van der Waals surface area contributed by atoms with Crippen LogP contribution < -0.4 is 5.32 Å². The molecule has 0 bridgehead atoms. The number of hydrogen-bond donors (Lipinski definition) is 1. The maximum absolute atomic E-state index is 5.50. The van der Waals surface area contributed by atoms with Gasteiger partial charge in [0, 0.05) is 37.8 Å². The van der Waals surface area contributed by atoms with Gasteiger partial charge in [-0.2, -0.15) is 0 Å². The predicted molar refractivity (Wildman–Crippen MR) is 64.5 cm³/mol. The van der Waals surface area contributed by atoms with E-state index in [1.165, 1.54) is 38.8 Å². The Morgan fingerprint density at radius 3 is 2.75 bits per heavy atom. The minimum atomic E-state index is 0.716. The van der Waals surface area contributed by atoms with Crippen molar-refractivity contribution in [1.82, 2.24) is 10.2 Å². The Morgan fingerprint density at radius 2 is 2.06 bits per heavy atom. The second-order valence-electron chi connectivity index (χ2n) is 5.79. The molecule has 3 fully saturated rings. The van der Waals surface area contributed by atoms with Gasteiger partial charge >= 0.3 is 0 Å². The van der Waals surface area contributed by atoms with E-state index < -0.39 is 0 Å². The zero-order chi connectivity index (χ0) is 11.0. The van der Waals surface area contributed by atoms with E-state index in [0.717, 1.165) is 31.2 Å². The lowest BCUT2D eigenvalue weighted by atomic mass is 9.99. The summed E-state index contributed by atoms with van der Waals surface area (Å²) in [4.78, 5) is 2.67. The minimum Gasteiger partial charge on any atom is -0.381 e. The fraction of sp³-hybridized carbons (Fsp3) is 1.00. The van der Waals surface area contributed by atoms with Crippen LogP contribution in [0.4, 0.5) is 0 Å². The second kappa shape index (κ2) is 4.63. The second-order valence-corrected chi connectivity index (χ2v) is 5.79. The van der Waals surface area contributed by atoms with E-state index in [0.29, 0.717) is 6.04 Å². The Morgan fingerprint density at radius 1 is 1.19 bits per heavy atom. The van der Waals surface area contributed by atoms with E-state index in [4.69, 9.17) is 4.74 Å². The maximum atomic E-state index is 5.50. The molecule has 0 aromatic rings. The first-order valence-electron chi connectivity index (χ1n) is 6.91. The fourth-order valence-corrected chi connectivity index (χ4v) is 3.11. The Bertz CT molecular complexity index is 236. The predicted octanol–water partition coefficient (Wildman–Crippen LogP) is 1.24. The number of likely N-dealkylation sites (tertiary alicyclic amines) is 1. The molecule has 2 aliphatic heterocycles. The smallest absolute Gasteiger partial charge is 0.0509 e. The molecule has 3 nitrogen and oxygen atoms in total.